The van der Waals surface area contributed by atoms with Crippen LogP contribution < -0.4 is 0 Å². The van der Waals surface area contributed by atoms with Gasteiger partial charge in [0.2, 0.25) is 15.9 Å². The van der Waals surface area contributed by atoms with E-state index in [1.807, 2.05) is 18.4 Å². The van der Waals surface area contributed by atoms with E-state index < -0.39 is 10.0 Å². The Labute approximate surface area is 237 Å². The van der Waals surface area contributed by atoms with Gasteiger partial charge in [-0.2, -0.15) is 4.31 Å². The first-order chi connectivity index (χ1) is 18.1. The van der Waals surface area contributed by atoms with Crippen LogP contribution >= 0.6 is 34.5 Å². The molecule has 0 bridgehead atoms. The first kappa shape index (κ1) is 29.0. The molecule has 1 aromatic heterocycles. The van der Waals surface area contributed by atoms with Gasteiger partial charge in [-0.1, -0.05) is 35.3 Å². The molecule has 1 saturated heterocycles. The second-order valence-corrected chi connectivity index (χ2v) is 13.1. The lowest BCUT2D eigenvalue weighted by Crippen LogP contribution is -2.45. The van der Waals surface area contributed by atoms with Crippen LogP contribution in [0.4, 0.5) is 4.39 Å². The fraction of sp³-hybridized carbons (Fsp3) is 0.370. The Morgan fingerprint density at radius 1 is 1.05 bits per heavy atom. The Kier molecular flexibility index (Phi) is 9.84. The van der Waals surface area contributed by atoms with Crippen LogP contribution in [0.2, 0.25) is 10.0 Å². The van der Waals surface area contributed by atoms with E-state index >= 15 is 0 Å². The van der Waals surface area contributed by atoms with Crippen molar-refractivity contribution < 1.29 is 17.6 Å². The number of carbonyl (C=O) groups excluding carboxylic acids is 1. The molecule has 204 valence electrons. The van der Waals surface area contributed by atoms with Crippen LogP contribution in [-0.2, 0) is 27.9 Å². The van der Waals surface area contributed by atoms with Crippen LogP contribution in [0, 0.1) is 12.7 Å². The van der Waals surface area contributed by atoms with Gasteiger partial charge in [0.15, 0.2) is 0 Å². The number of thiophene rings is 1. The quantitative estimate of drug-likeness (QED) is 0.279. The number of aryl methyl sites for hydroxylation is 1. The van der Waals surface area contributed by atoms with Gasteiger partial charge in [-0.15, -0.1) is 11.3 Å². The lowest BCUT2D eigenvalue weighted by Gasteiger charge is -2.29. The molecule has 0 unspecified atom stereocenters. The molecule has 2 aromatic carbocycles. The van der Waals surface area contributed by atoms with Crippen molar-refractivity contribution in [3.63, 3.8) is 0 Å². The molecular weight excluding hydrogens is 568 g/mol. The summed E-state index contributed by atoms with van der Waals surface area (Å²) in [5, 5.41) is 2.24. The Morgan fingerprint density at radius 3 is 2.42 bits per heavy atom. The van der Waals surface area contributed by atoms with Crippen LogP contribution in [0.15, 0.2) is 58.8 Å². The van der Waals surface area contributed by atoms with E-state index in [1.54, 1.807) is 17.0 Å². The third-order valence-electron chi connectivity index (χ3n) is 6.63. The highest BCUT2D eigenvalue weighted by molar-refractivity contribution is 7.89. The van der Waals surface area contributed by atoms with Crippen LogP contribution in [0.1, 0.15) is 28.8 Å². The minimum atomic E-state index is -4.13. The molecule has 1 fully saturated rings. The van der Waals surface area contributed by atoms with E-state index in [9.17, 15) is 17.6 Å². The molecule has 4 rings (SSSR count). The zero-order valence-electron chi connectivity index (χ0n) is 21.1. The first-order valence-electron chi connectivity index (χ1n) is 12.4. The molecular formula is C27H30Cl2FN3O3S2. The molecule has 0 N–H and O–H groups in total. The SMILES string of the molecule is Cc1ccsc1CN(Cc1ccc(F)cc1)C(=O)CN(CCN1CCCC1)S(=O)(=O)c1cc(Cl)ccc1Cl. The van der Waals surface area contributed by atoms with Crippen LogP contribution in [0.5, 0.6) is 0 Å². The van der Waals surface area contributed by atoms with E-state index in [-0.39, 0.29) is 46.3 Å². The van der Waals surface area contributed by atoms with Crippen molar-refractivity contribution in [1.82, 2.24) is 14.1 Å². The number of rotatable bonds is 11. The smallest absolute Gasteiger partial charge is 0.245 e. The Bertz CT molecular complexity index is 1360. The predicted octanol–water partition coefficient (Wildman–Crippen LogP) is 5.82. The summed E-state index contributed by atoms with van der Waals surface area (Å²) < 4.78 is 42.3. The van der Waals surface area contributed by atoms with E-state index in [2.05, 4.69) is 4.90 Å². The number of halogens is 3. The lowest BCUT2D eigenvalue weighted by atomic mass is 10.2. The second-order valence-electron chi connectivity index (χ2n) is 9.37. The topological polar surface area (TPSA) is 60.9 Å². The maximum atomic E-state index is 13.8. The molecule has 1 aliphatic heterocycles. The molecule has 0 radical (unpaired) electrons. The third-order valence-corrected chi connectivity index (χ3v) is 10.2. The summed E-state index contributed by atoms with van der Waals surface area (Å²) >= 11 is 13.9. The molecule has 2 heterocycles. The molecule has 0 spiro atoms. The molecule has 0 aliphatic carbocycles. The number of hydrogen-bond donors (Lipinski definition) is 0. The fourth-order valence-corrected chi connectivity index (χ4v) is 7.43. The summed E-state index contributed by atoms with van der Waals surface area (Å²) in [6, 6.07) is 12.2. The highest BCUT2D eigenvalue weighted by Gasteiger charge is 2.31. The van der Waals surface area contributed by atoms with E-state index in [0.29, 0.717) is 13.1 Å². The largest absolute Gasteiger partial charge is 0.332 e. The van der Waals surface area contributed by atoms with Gasteiger partial charge in [0, 0.05) is 29.5 Å². The minimum absolute atomic E-state index is 0.0467. The van der Waals surface area contributed by atoms with Crippen molar-refractivity contribution in [3.05, 3.63) is 85.8 Å². The summed E-state index contributed by atoms with van der Waals surface area (Å²) in [6.45, 7) is 4.59. The number of likely N-dealkylation sites (tertiary alicyclic amines) is 1. The van der Waals surface area contributed by atoms with Gasteiger partial charge < -0.3 is 9.80 Å². The summed E-state index contributed by atoms with van der Waals surface area (Å²) in [5.74, 6) is -0.719. The van der Waals surface area contributed by atoms with Crippen molar-refractivity contribution >= 4 is 50.5 Å². The zero-order valence-corrected chi connectivity index (χ0v) is 24.2. The summed E-state index contributed by atoms with van der Waals surface area (Å²) in [6.07, 6.45) is 2.13. The molecule has 6 nitrogen and oxygen atoms in total. The summed E-state index contributed by atoms with van der Waals surface area (Å²) in [5.41, 5.74) is 1.80. The molecule has 1 amide bonds. The van der Waals surface area contributed by atoms with Crippen LogP contribution in [-0.4, -0.2) is 61.2 Å². The number of sulfonamides is 1. The zero-order chi connectivity index (χ0) is 27.3. The fourth-order valence-electron chi connectivity index (χ4n) is 4.39. The van der Waals surface area contributed by atoms with Crippen molar-refractivity contribution in [2.24, 2.45) is 0 Å². The van der Waals surface area contributed by atoms with Crippen molar-refractivity contribution in [1.29, 1.82) is 0 Å². The van der Waals surface area contributed by atoms with Gasteiger partial charge in [-0.3, -0.25) is 4.79 Å². The van der Waals surface area contributed by atoms with Gasteiger partial charge in [0.05, 0.1) is 18.1 Å². The minimum Gasteiger partial charge on any atom is -0.332 e. The number of hydrogen-bond acceptors (Lipinski definition) is 5. The van der Waals surface area contributed by atoms with Crippen molar-refractivity contribution in [2.75, 3.05) is 32.7 Å². The third kappa shape index (κ3) is 7.34. The monoisotopic (exact) mass is 597 g/mol. The van der Waals surface area contributed by atoms with Gasteiger partial charge >= 0.3 is 0 Å². The Balaban J connectivity index is 1.62. The average Bonchev–Trinajstić information content (AvgIpc) is 3.55. The van der Waals surface area contributed by atoms with Gasteiger partial charge in [-0.05, 0) is 85.8 Å². The molecule has 11 heteroatoms. The molecule has 1 aliphatic rings. The van der Waals surface area contributed by atoms with E-state index in [0.717, 1.165) is 41.9 Å². The standard InChI is InChI=1S/C27H30Cl2FN3O3S2/c1-20-10-15-37-25(20)18-32(17-21-4-7-23(30)8-5-21)27(34)19-33(14-13-31-11-2-3-12-31)38(35,36)26-16-22(28)6-9-24(26)29/h4-10,15-16H,2-3,11-14,17-19H2,1H3. The Hall–Kier alpha value is -2.01. The van der Waals surface area contributed by atoms with Crippen molar-refractivity contribution in [2.45, 2.75) is 37.8 Å². The van der Waals surface area contributed by atoms with Crippen molar-refractivity contribution in [3.8, 4) is 0 Å². The molecule has 38 heavy (non-hydrogen) atoms. The molecule has 0 saturated carbocycles. The lowest BCUT2D eigenvalue weighted by molar-refractivity contribution is -0.132. The normalized spacial score (nSPS) is 14.3. The van der Waals surface area contributed by atoms with E-state index in [1.165, 1.54) is 46.0 Å². The summed E-state index contributed by atoms with van der Waals surface area (Å²) in [7, 11) is -4.13. The maximum absolute atomic E-state index is 13.8. The molecule has 3 aromatic rings. The highest BCUT2D eigenvalue weighted by Crippen LogP contribution is 2.28. The predicted molar refractivity (Wildman–Crippen MR) is 151 cm³/mol. The second kappa shape index (κ2) is 12.9. The Morgan fingerprint density at radius 2 is 1.76 bits per heavy atom. The molecule has 0 atom stereocenters. The number of benzene rings is 2. The van der Waals surface area contributed by atoms with Gasteiger partial charge in [0.1, 0.15) is 10.7 Å². The summed E-state index contributed by atoms with van der Waals surface area (Å²) in [4.78, 5) is 18.5. The van der Waals surface area contributed by atoms with E-state index in [4.69, 9.17) is 23.2 Å². The van der Waals surface area contributed by atoms with Crippen LogP contribution in [0.3, 0.4) is 0 Å². The van der Waals surface area contributed by atoms with Gasteiger partial charge in [0.25, 0.3) is 0 Å². The van der Waals surface area contributed by atoms with Gasteiger partial charge in [-0.25, -0.2) is 12.8 Å². The number of carbonyl (C=O) groups is 1. The number of nitrogens with zero attached hydrogens (tertiary/aromatic N) is 3. The highest BCUT2D eigenvalue weighted by atomic mass is 35.5. The van der Waals surface area contributed by atoms with Crippen LogP contribution in [0.25, 0.3) is 0 Å². The first-order valence-corrected chi connectivity index (χ1v) is 15.4. The average molecular weight is 599 g/mol. The number of amides is 1. The maximum Gasteiger partial charge on any atom is 0.245 e.